The Bertz CT molecular complexity index is 1520. The summed E-state index contributed by atoms with van der Waals surface area (Å²) in [6.45, 7) is 14.0. The van der Waals surface area contributed by atoms with Crippen molar-refractivity contribution in [3.63, 3.8) is 0 Å². The Labute approximate surface area is 277 Å². The molecule has 1 aromatic carbocycles. The van der Waals surface area contributed by atoms with Crippen LogP contribution in [0.5, 0.6) is 0 Å². The molecule has 3 heterocycles. The second kappa shape index (κ2) is 15.3. The van der Waals surface area contributed by atoms with Crippen molar-refractivity contribution in [1.29, 1.82) is 0 Å². The topological polar surface area (TPSA) is 115 Å². The third-order valence-corrected chi connectivity index (χ3v) is 9.56. The summed E-state index contributed by atoms with van der Waals surface area (Å²) in [5.41, 5.74) is 3.25. The van der Waals surface area contributed by atoms with Crippen molar-refractivity contribution in [2.75, 3.05) is 13.2 Å². The standard InChI is InChI=1S/C34H46ClN5O5Si/c1-34(2,3)45-33(43)38-20-25-9-10-28(35)18-26(25)21-37-31(41)29-8-7-15-40(29)32(42)30-19-27(24-11-13-36-14-12-24)22-39(30)23-44-16-17-46(4,5)6/h9-14,18-19,22,29H,7-8,15-17,20-21,23H2,1-6H3,(H,37,41)(H,38,43)/t29-/m0/s1. The number of nitrogens with one attached hydrogen (secondary N) is 2. The summed E-state index contributed by atoms with van der Waals surface area (Å²) in [5.74, 6) is -0.451. The number of ether oxygens (including phenoxy) is 2. The first-order chi connectivity index (χ1) is 21.7. The van der Waals surface area contributed by atoms with Crippen LogP contribution in [0.3, 0.4) is 0 Å². The lowest BCUT2D eigenvalue weighted by Gasteiger charge is -2.25. The van der Waals surface area contributed by atoms with E-state index < -0.39 is 25.8 Å². The highest BCUT2D eigenvalue weighted by Gasteiger charge is 2.36. The van der Waals surface area contributed by atoms with Crippen LogP contribution in [-0.4, -0.2) is 65.2 Å². The number of rotatable bonds is 12. The minimum Gasteiger partial charge on any atom is -0.444 e. The molecule has 46 heavy (non-hydrogen) atoms. The van der Waals surface area contributed by atoms with Gasteiger partial charge in [0.2, 0.25) is 5.91 Å². The number of pyridine rings is 1. The Morgan fingerprint density at radius 3 is 2.41 bits per heavy atom. The number of likely N-dealkylation sites (tertiary alicyclic amines) is 1. The van der Waals surface area contributed by atoms with Gasteiger partial charge in [-0.05, 0) is 86.7 Å². The van der Waals surface area contributed by atoms with E-state index in [0.717, 1.165) is 34.7 Å². The summed E-state index contributed by atoms with van der Waals surface area (Å²) in [7, 11) is -1.27. The fourth-order valence-corrected chi connectivity index (χ4v) is 6.13. The molecular weight excluding hydrogens is 622 g/mol. The Morgan fingerprint density at radius 2 is 1.72 bits per heavy atom. The van der Waals surface area contributed by atoms with Gasteiger partial charge >= 0.3 is 6.09 Å². The summed E-state index contributed by atoms with van der Waals surface area (Å²) < 4.78 is 13.2. The highest BCUT2D eigenvalue weighted by Crippen LogP contribution is 2.26. The zero-order valence-corrected chi connectivity index (χ0v) is 29.4. The fraction of sp³-hybridized carbons (Fsp3) is 0.471. The summed E-state index contributed by atoms with van der Waals surface area (Å²) in [5, 5.41) is 6.28. The minimum atomic E-state index is -1.27. The van der Waals surface area contributed by atoms with Crippen LogP contribution in [0.4, 0.5) is 4.79 Å². The Morgan fingerprint density at radius 1 is 1.00 bits per heavy atom. The Balaban J connectivity index is 1.46. The van der Waals surface area contributed by atoms with E-state index in [4.69, 9.17) is 21.1 Å². The number of alkyl carbamates (subject to hydrolysis) is 1. The van der Waals surface area contributed by atoms with Crippen molar-refractivity contribution in [2.24, 2.45) is 0 Å². The van der Waals surface area contributed by atoms with Gasteiger partial charge in [-0.15, -0.1) is 0 Å². The summed E-state index contributed by atoms with van der Waals surface area (Å²) >= 11 is 6.28. The largest absolute Gasteiger partial charge is 0.444 e. The van der Waals surface area contributed by atoms with E-state index in [9.17, 15) is 14.4 Å². The number of aromatic nitrogens is 2. The maximum absolute atomic E-state index is 14.0. The zero-order chi connectivity index (χ0) is 33.5. The third kappa shape index (κ3) is 10.2. The average Bonchev–Trinajstić information content (AvgIpc) is 3.64. The number of hydrogen-bond acceptors (Lipinski definition) is 6. The average molecular weight is 668 g/mol. The van der Waals surface area contributed by atoms with E-state index >= 15 is 0 Å². The van der Waals surface area contributed by atoms with Crippen molar-refractivity contribution in [1.82, 2.24) is 25.1 Å². The van der Waals surface area contributed by atoms with Crippen LogP contribution in [-0.2, 0) is 34.1 Å². The number of nitrogens with zero attached hydrogens (tertiary/aromatic N) is 3. The van der Waals surface area contributed by atoms with Gasteiger partial charge in [-0.1, -0.05) is 37.3 Å². The Hall–Kier alpha value is -3.67. The number of carbonyl (C=O) groups is 3. The van der Waals surface area contributed by atoms with Gasteiger partial charge in [-0.2, -0.15) is 0 Å². The number of halogens is 1. The molecule has 248 valence electrons. The lowest BCUT2D eigenvalue weighted by molar-refractivity contribution is -0.125. The molecule has 12 heteroatoms. The van der Waals surface area contributed by atoms with Gasteiger partial charge in [0.1, 0.15) is 24.1 Å². The molecule has 1 atom stereocenters. The van der Waals surface area contributed by atoms with Gasteiger partial charge in [0.15, 0.2) is 0 Å². The predicted molar refractivity (Wildman–Crippen MR) is 182 cm³/mol. The van der Waals surface area contributed by atoms with E-state index in [0.29, 0.717) is 30.3 Å². The molecule has 0 radical (unpaired) electrons. The van der Waals surface area contributed by atoms with Gasteiger partial charge in [-0.3, -0.25) is 14.6 Å². The van der Waals surface area contributed by atoms with Crippen molar-refractivity contribution in [3.05, 3.63) is 76.8 Å². The fourth-order valence-electron chi connectivity index (χ4n) is 5.18. The number of amides is 3. The monoisotopic (exact) mass is 667 g/mol. The van der Waals surface area contributed by atoms with Crippen LogP contribution in [0.2, 0.25) is 30.7 Å². The van der Waals surface area contributed by atoms with Crippen molar-refractivity contribution in [2.45, 2.75) is 90.8 Å². The minimum absolute atomic E-state index is 0.191. The highest BCUT2D eigenvalue weighted by molar-refractivity contribution is 6.76. The van der Waals surface area contributed by atoms with E-state index in [1.165, 1.54) is 0 Å². The van der Waals surface area contributed by atoms with Gasteiger partial charge in [0, 0.05) is 63.5 Å². The highest BCUT2D eigenvalue weighted by atomic mass is 35.5. The van der Waals surface area contributed by atoms with Gasteiger partial charge < -0.3 is 29.6 Å². The van der Waals surface area contributed by atoms with Crippen LogP contribution in [0.25, 0.3) is 11.1 Å². The predicted octanol–water partition coefficient (Wildman–Crippen LogP) is 6.46. The Kier molecular flexibility index (Phi) is 11.7. The molecule has 2 aromatic heterocycles. The van der Waals surface area contributed by atoms with Crippen molar-refractivity contribution < 1.29 is 23.9 Å². The molecule has 2 N–H and O–H groups in total. The van der Waals surface area contributed by atoms with Crippen LogP contribution in [0.15, 0.2) is 55.0 Å². The van der Waals surface area contributed by atoms with Crippen molar-refractivity contribution >= 4 is 37.6 Å². The van der Waals surface area contributed by atoms with E-state index in [2.05, 4.69) is 35.3 Å². The van der Waals surface area contributed by atoms with E-state index in [1.54, 1.807) is 50.2 Å². The first kappa shape index (κ1) is 35.2. The lowest BCUT2D eigenvalue weighted by Crippen LogP contribution is -2.46. The first-order valence-corrected chi connectivity index (χ1v) is 19.8. The van der Waals surface area contributed by atoms with Gasteiger partial charge in [-0.25, -0.2) is 4.79 Å². The molecule has 1 fully saturated rings. The van der Waals surface area contributed by atoms with Crippen LogP contribution < -0.4 is 10.6 Å². The second-order valence-electron chi connectivity index (χ2n) is 13.8. The zero-order valence-electron chi connectivity index (χ0n) is 27.7. The van der Waals surface area contributed by atoms with E-state index in [1.807, 2.05) is 35.0 Å². The molecule has 3 aromatic rings. The molecule has 1 aliphatic rings. The smallest absolute Gasteiger partial charge is 0.407 e. The molecule has 0 bridgehead atoms. The molecule has 10 nitrogen and oxygen atoms in total. The molecule has 3 amide bonds. The molecule has 4 rings (SSSR count). The summed E-state index contributed by atoms with van der Waals surface area (Å²) in [6, 6.07) is 11.4. The quantitative estimate of drug-likeness (QED) is 0.169. The van der Waals surface area contributed by atoms with Crippen LogP contribution in [0, 0.1) is 0 Å². The maximum atomic E-state index is 14.0. The lowest BCUT2D eigenvalue weighted by atomic mass is 10.1. The normalized spacial score (nSPS) is 15.1. The first-order valence-electron chi connectivity index (χ1n) is 15.7. The van der Waals surface area contributed by atoms with Crippen LogP contribution in [0.1, 0.15) is 55.2 Å². The van der Waals surface area contributed by atoms with E-state index in [-0.39, 0.29) is 31.6 Å². The van der Waals surface area contributed by atoms with Crippen LogP contribution >= 0.6 is 11.6 Å². The number of carbonyl (C=O) groups excluding carboxylic acids is 3. The molecule has 0 saturated carbocycles. The number of hydrogen-bond donors (Lipinski definition) is 2. The molecule has 1 saturated heterocycles. The van der Waals surface area contributed by atoms with Gasteiger partial charge in [0.25, 0.3) is 5.91 Å². The second-order valence-corrected chi connectivity index (χ2v) is 19.9. The summed E-state index contributed by atoms with van der Waals surface area (Å²) in [6.07, 6.45) is 6.11. The van der Waals surface area contributed by atoms with Gasteiger partial charge in [0.05, 0.1) is 0 Å². The molecule has 1 aliphatic heterocycles. The molecule has 0 aliphatic carbocycles. The van der Waals surface area contributed by atoms with Crippen molar-refractivity contribution in [3.8, 4) is 11.1 Å². The molecular formula is C34H46ClN5O5Si. The summed E-state index contributed by atoms with van der Waals surface area (Å²) in [4.78, 5) is 45.5. The SMILES string of the molecule is CC(C)(C)OC(=O)NCc1ccc(Cl)cc1CNC(=O)[C@@H]1CCCN1C(=O)c1cc(-c2ccncc2)cn1COCC[Si](C)(C)C. The molecule has 0 unspecified atom stereocenters. The maximum Gasteiger partial charge on any atom is 0.407 e. The molecule has 0 spiro atoms. The third-order valence-electron chi connectivity index (χ3n) is 7.62. The number of benzene rings is 1.